The van der Waals surface area contributed by atoms with Crippen LogP contribution in [0.5, 0.6) is 0 Å². The van der Waals surface area contributed by atoms with E-state index in [1.807, 2.05) is 30.3 Å². The number of rotatable bonds is 9. The second-order valence-corrected chi connectivity index (χ2v) is 5.81. The van der Waals surface area contributed by atoms with Gasteiger partial charge >= 0.3 is 0 Å². The van der Waals surface area contributed by atoms with Gasteiger partial charge in [0.25, 0.3) is 0 Å². The summed E-state index contributed by atoms with van der Waals surface area (Å²) in [5.41, 5.74) is 1.10. The molecule has 0 saturated carbocycles. The maximum Gasteiger partial charge on any atom is 0.187 e. The van der Waals surface area contributed by atoms with Crippen molar-refractivity contribution in [1.82, 2.24) is 0 Å². The van der Waals surface area contributed by atoms with E-state index in [1.54, 1.807) is 12.2 Å². The highest BCUT2D eigenvalue weighted by atomic mass is 16.8. The fraction of sp³-hybridized carbons (Fsp3) is 0.474. The third kappa shape index (κ3) is 3.94. The van der Waals surface area contributed by atoms with Crippen LogP contribution in [-0.2, 0) is 30.3 Å². The van der Waals surface area contributed by atoms with E-state index in [9.17, 15) is 0 Å². The lowest BCUT2D eigenvalue weighted by atomic mass is 10.00. The molecule has 2 heterocycles. The molecule has 2 aliphatic rings. The maximum absolute atomic E-state index is 6.15. The van der Waals surface area contributed by atoms with Gasteiger partial charge in [0.15, 0.2) is 6.29 Å². The van der Waals surface area contributed by atoms with Gasteiger partial charge in [-0.15, -0.1) is 13.2 Å². The summed E-state index contributed by atoms with van der Waals surface area (Å²) in [6.07, 6.45) is 1.93. The van der Waals surface area contributed by atoms with Gasteiger partial charge in [0, 0.05) is 0 Å². The Morgan fingerprint density at radius 3 is 2.38 bits per heavy atom. The Morgan fingerprint density at radius 1 is 0.958 bits per heavy atom. The quantitative estimate of drug-likeness (QED) is 0.650. The minimum atomic E-state index is -0.429. The Kier molecular flexibility index (Phi) is 6.18. The van der Waals surface area contributed by atoms with Crippen LogP contribution in [0.2, 0.25) is 0 Å². The lowest BCUT2D eigenvalue weighted by Gasteiger charge is -2.40. The first kappa shape index (κ1) is 17.3. The van der Waals surface area contributed by atoms with Crippen molar-refractivity contribution in [3.05, 3.63) is 61.2 Å². The molecular weight excluding hydrogens is 308 g/mol. The molecule has 5 atom stereocenters. The van der Waals surface area contributed by atoms with E-state index in [4.69, 9.17) is 23.7 Å². The van der Waals surface area contributed by atoms with Gasteiger partial charge in [0.05, 0.1) is 26.4 Å². The molecule has 0 amide bonds. The number of hydrogen-bond donors (Lipinski definition) is 0. The first-order valence-corrected chi connectivity index (χ1v) is 8.21. The minimum Gasteiger partial charge on any atom is -0.368 e. The molecule has 2 aliphatic heterocycles. The molecule has 3 rings (SSSR count). The molecule has 0 aromatic heterocycles. The summed E-state index contributed by atoms with van der Waals surface area (Å²) in [5.74, 6) is 0. The third-order valence-corrected chi connectivity index (χ3v) is 4.11. The lowest BCUT2D eigenvalue weighted by Crippen LogP contribution is -2.57. The van der Waals surface area contributed by atoms with Crippen molar-refractivity contribution >= 4 is 0 Å². The van der Waals surface area contributed by atoms with Crippen LogP contribution >= 0.6 is 0 Å². The Balaban J connectivity index is 1.72. The molecule has 0 aliphatic carbocycles. The van der Waals surface area contributed by atoms with E-state index in [2.05, 4.69) is 13.2 Å². The SMILES string of the molecule is C=CCO[C@@H]1[C@@H](OCC=C)[C@@H]2OC[C@@H](O2)[C@H]1OCc1ccccc1. The molecule has 1 aromatic rings. The molecule has 5 heteroatoms. The first-order valence-electron chi connectivity index (χ1n) is 8.21. The van der Waals surface area contributed by atoms with Gasteiger partial charge in [-0.3, -0.25) is 0 Å². The normalized spacial score (nSPS) is 31.8. The van der Waals surface area contributed by atoms with E-state index in [0.29, 0.717) is 26.4 Å². The van der Waals surface area contributed by atoms with Crippen LogP contribution in [0.25, 0.3) is 0 Å². The molecule has 24 heavy (non-hydrogen) atoms. The van der Waals surface area contributed by atoms with Crippen molar-refractivity contribution in [2.45, 2.75) is 37.3 Å². The van der Waals surface area contributed by atoms with Gasteiger partial charge in [0.1, 0.15) is 24.4 Å². The van der Waals surface area contributed by atoms with Crippen LogP contribution in [0.1, 0.15) is 5.56 Å². The van der Waals surface area contributed by atoms with Crippen LogP contribution in [0.4, 0.5) is 0 Å². The van der Waals surface area contributed by atoms with E-state index < -0.39 is 6.29 Å². The minimum absolute atomic E-state index is 0.155. The molecule has 2 fully saturated rings. The molecule has 130 valence electrons. The number of benzene rings is 1. The van der Waals surface area contributed by atoms with E-state index in [-0.39, 0.29) is 24.4 Å². The fourth-order valence-electron chi connectivity index (χ4n) is 3.03. The highest BCUT2D eigenvalue weighted by Gasteiger charge is 2.52. The number of ether oxygens (including phenoxy) is 5. The van der Waals surface area contributed by atoms with Crippen LogP contribution in [0, 0.1) is 0 Å². The summed E-state index contributed by atoms with van der Waals surface area (Å²) in [6.45, 7) is 9.20. The topological polar surface area (TPSA) is 46.2 Å². The standard InChI is InChI=1S/C19H24O5/c1-3-10-20-17-16(22-12-14-8-6-5-7-9-14)15-13-23-19(24-15)18(17)21-11-4-2/h3-9,15-19H,1-2,10-13H2/t15-,16-,17+,18-,19-/m1/s1. The van der Waals surface area contributed by atoms with Gasteiger partial charge in [-0.05, 0) is 5.56 Å². The third-order valence-electron chi connectivity index (χ3n) is 4.11. The number of hydrogen-bond acceptors (Lipinski definition) is 5. The number of fused-ring (bicyclic) bond motifs is 2. The molecule has 0 spiro atoms. The van der Waals surface area contributed by atoms with Crippen LogP contribution in [0.15, 0.2) is 55.6 Å². The average molecular weight is 332 g/mol. The summed E-state index contributed by atoms with van der Waals surface area (Å²) in [7, 11) is 0. The Morgan fingerprint density at radius 2 is 1.67 bits per heavy atom. The second-order valence-electron chi connectivity index (χ2n) is 5.81. The van der Waals surface area contributed by atoms with Crippen molar-refractivity contribution in [3.63, 3.8) is 0 Å². The van der Waals surface area contributed by atoms with Gasteiger partial charge in [0.2, 0.25) is 0 Å². The van der Waals surface area contributed by atoms with Crippen LogP contribution in [-0.4, -0.2) is 50.5 Å². The average Bonchev–Trinajstić information content (AvgIpc) is 3.05. The molecule has 0 radical (unpaired) electrons. The van der Waals surface area contributed by atoms with E-state index in [1.165, 1.54) is 0 Å². The highest BCUT2D eigenvalue weighted by Crippen LogP contribution is 2.34. The zero-order valence-corrected chi connectivity index (χ0v) is 13.7. The predicted molar refractivity (Wildman–Crippen MR) is 89.5 cm³/mol. The van der Waals surface area contributed by atoms with Gasteiger partial charge < -0.3 is 23.7 Å². The van der Waals surface area contributed by atoms with Crippen LogP contribution in [0.3, 0.4) is 0 Å². The van der Waals surface area contributed by atoms with Crippen LogP contribution < -0.4 is 0 Å². The second kappa shape index (κ2) is 8.55. The Labute approximate surface area is 142 Å². The zero-order chi connectivity index (χ0) is 16.8. The highest BCUT2D eigenvalue weighted by molar-refractivity contribution is 5.13. The molecule has 2 saturated heterocycles. The summed E-state index contributed by atoms with van der Waals surface area (Å²) >= 11 is 0. The molecular formula is C19H24O5. The monoisotopic (exact) mass is 332 g/mol. The largest absolute Gasteiger partial charge is 0.368 e. The summed E-state index contributed by atoms with van der Waals surface area (Å²) in [5, 5.41) is 0. The predicted octanol–water partition coefficient (Wildman–Crippen LogP) is 2.47. The lowest BCUT2D eigenvalue weighted by molar-refractivity contribution is -0.259. The smallest absolute Gasteiger partial charge is 0.187 e. The molecule has 0 N–H and O–H groups in total. The summed E-state index contributed by atoms with van der Waals surface area (Å²) in [6, 6.07) is 10.0. The maximum atomic E-state index is 6.15. The molecule has 1 aromatic carbocycles. The molecule has 5 nitrogen and oxygen atoms in total. The Hall–Kier alpha value is -1.50. The van der Waals surface area contributed by atoms with Crippen molar-refractivity contribution in [2.75, 3.05) is 19.8 Å². The zero-order valence-electron chi connectivity index (χ0n) is 13.7. The molecule has 0 unspecified atom stereocenters. The van der Waals surface area contributed by atoms with Gasteiger partial charge in [-0.2, -0.15) is 0 Å². The van der Waals surface area contributed by atoms with Crippen molar-refractivity contribution in [1.29, 1.82) is 0 Å². The van der Waals surface area contributed by atoms with Gasteiger partial charge in [-0.1, -0.05) is 42.5 Å². The first-order chi connectivity index (χ1) is 11.8. The van der Waals surface area contributed by atoms with E-state index in [0.717, 1.165) is 5.56 Å². The summed E-state index contributed by atoms with van der Waals surface area (Å²) in [4.78, 5) is 0. The Bertz CT molecular complexity index is 532. The summed E-state index contributed by atoms with van der Waals surface area (Å²) < 4.78 is 29.6. The van der Waals surface area contributed by atoms with Crippen molar-refractivity contribution in [2.24, 2.45) is 0 Å². The fourth-order valence-corrected chi connectivity index (χ4v) is 3.03. The van der Waals surface area contributed by atoms with Gasteiger partial charge in [-0.25, -0.2) is 0 Å². The van der Waals surface area contributed by atoms with Crippen molar-refractivity contribution < 1.29 is 23.7 Å². The van der Waals surface area contributed by atoms with Crippen molar-refractivity contribution in [3.8, 4) is 0 Å². The van der Waals surface area contributed by atoms with E-state index >= 15 is 0 Å². The molecule has 2 bridgehead atoms.